The molecule has 0 spiro atoms. The molecule has 0 heterocycles. The topological polar surface area (TPSA) is 0 Å². The first kappa shape index (κ1) is 14.0. The number of hydrogen-bond acceptors (Lipinski definition) is 0. The highest BCUT2D eigenvalue weighted by Gasteiger charge is 2.22. The maximum absolute atomic E-state index is 13.9. The summed E-state index contributed by atoms with van der Waals surface area (Å²) >= 11 is 6.31. The number of hydrogen-bond donors (Lipinski definition) is 0. The van der Waals surface area contributed by atoms with Gasteiger partial charge in [-0.15, -0.1) is 11.6 Å². The van der Waals surface area contributed by atoms with Crippen molar-refractivity contribution in [1.82, 2.24) is 0 Å². The van der Waals surface area contributed by atoms with E-state index in [4.69, 9.17) is 11.6 Å². The van der Waals surface area contributed by atoms with Crippen LogP contribution in [0.25, 0.3) is 0 Å². The lowest BCUT2D eigenvalue weighted by Crippen LogP contribution is -2.06. The molecule has 0 bridgehead atoms. The molecule has 0 aliphatic heterocycles. The summed E-state index contributed by atoms with van der Waals surface area (Å²) in [6.07, 6.45) is 0. The van der Waals surface area contributed by atoms with E-state index in [2.05, 4.69) is 0 Å². The van der Waals surface area contributed by atoms with Crippen molar-refractivity contribution in [2.75, 3.05) is 0 Å². The van der Waals surface area contributed by atoms with Gasteiger partial charge in [0, 0.05) is 11.5 Å². The summed E-state index contributed by atoms with van der Waals surface area (Å²) in [5, 5.41) is -0.600. The Morgan fingerprint density at radius 2 is 1.63 bits per heavy atom. The van der Waals surface area contributed by atoms with Gasteiger partial charge in [-0.2, -0.15) is 0 Å². The maximum Gasteiger partial charge on any atom is 0.128 e. The first-order valence-electron chi connectivity index (χ1n) is 6.15. The molecule has 0 radical (unpaired) electrons. The number of benzene rings is 2. The van der Waals surface area contributed by atoms with E-state index in [1.807, 2.05) is 37.3 Å². The molecule has 0 amide bonds. The summed E-state index contributed by atoms with van der Waals surface area (Å²) in [5.41, 5.74) is 1.50. The summed E-state index contributed by atoms with van der Waals surface area (Å²) in [7, 11) is 0. The molecule has 19 heavy (non-hydrogen) atoms. The van der Waals surface area contributed by atoms with Gasteiger partial charge in [-0.05, 0) is 30.2 Å². The normalized spacial score (nSPS) is 14.2. The largest absolute Gasteiger partial charge is 0.207 e. The first-order chi connectivity index (χ1) is 9.00. The Labute approximate surface area is 117 Å². The molecule has 2 aromatic rings. The fourth-order valence-electron chi connectivity index (χ4n) is 2.07. The van der Waals surface area contributed by atoms with Gasteiger partial charge in [-0.3, -0.25) is 0 Å². The van der Waals surface area contributed by atoms with Gasteiger partial charge < -0.3 is 0 Å². The van der Waals surface area contributed by atoms with E-state index in [1.54, 1.807) is 0 Å². The van der Waals surface area contributed by atoms with Crippen LogP contribution in [0.2, 0.25) is 0 Å². The van der Waals surface area contributed by atoms with Gasteiger partial charge in [0.15, 0.2) is 0 Å². The molecule has 0 fully saturated rings. The van der Waals surface area contributed by atoms with Crippen LogP contribution in [0.3, 0.4) is 0 Å². The van der Waals surface area contributed by atoms with Crippen LogP contribution in [0.5, 0.6) is 0 Å². The number of aryl methyl sites for hydroxylation is 1. The van der Waals surface area contributed by atoms with Gasteiger partial charge in [-0.1, -0.05) is 37.3 Å². The minimum absolute atomic E-state index is 0.0977. The van der Waals surface area contributed by atoms with E-state index >= 15 is 0 Å². The molecule has 3 heteroatoms. The van der Waals surface area contributed by atoms with Crippen molar-refractivity contribution in [3.8, 4) is 0 Å². The van der Waals surface area contributed by atoms with E-state index in [9.17, 15) is 8.78 Å². The molecule has 0 nitrogen and oxygen atoms in total. The number of halogens is 3. The molecule has 2 atom stereocenters. The molecule has 0 saturated carbocycles. The van der Waals surface area contributed by atoms with Crippen molar-refractivity contribution < 1.29 is 8.78 Å². The first-order valence-corrected chi connectivity index (χ1v) is 6.59. The summed E-state index contributed by atoms with van der Waals surface area (Å²) in [5.74, 6) is -0.983. The van der Waals surface area contributed by atoms with E-state index < -0.39 is 17.0 Å². The fraction of sp³-hybridized carbons (Fsp3) is 0.250. The van der Waals surface area contributed by atoms with E-state index in [0.717, 1.165) is 5.56 Å². The van der Waals surface area contributed by atoms with Crippen LogP contribution in [-0.2, 0) is 0 Å². The van der Waals surface area contributed by atoms with Crippen LogP contribution in [0.15, 0.2) is 42.5 Å². The SMILES string of the molecule is Cc1cc(F)c(C(Cl)C(C)c2ccccc2)cc1F. The predicted molar refractivity (Wildman–Crippen MR) is 74.5 cm³/mol. The molecule has 0 N–H and O–H groups in total. The number of alkyl halides is 1. The third-order valence-corrected chi connectivity index (χ3v) is 3.95. The molecule has 2 unspecified atom stereocenters. The monoisotopic (exact) mass is 280 g/mol. The average Bonchev–Trinajstić information content (AvgIpc) is 2.42. The minimum atomic E-state index is -0.600. The summed E-state index contributed by atoms with van der Waals surface area (Å²) in [6, 6.07) is 12.0. The van der Waals surface area contributed by atoms with Crippen molar-refractivity contribution in [3.05, 3.63) is 70.8 Å². The highest BCUT2D eigenvalue weighted by Crippen LogP contribution is 2.37. The van der Waals surface area contributed by atoms with Crippen LogP contribution in [0, 0.1) is 18.6 Å². The van der Waals surface area contributed by atoms with E-state index in [-0.39, 0.29) is 17.0 Å². The van der Waals surface area contributed by atoms with Crippen molar-refractivity contribution in [3.63, 3.8) is 0 Å². The predicted octanol–water partition coefficient (Wildman–Crippen LogP) is 5.36. The summed E-state index contributed by atoms with van der Waals surface area (Å²) < 4.78 is 27.5. The highest BCUT2D eigenvalue weighted by molar-refractivity contribution is 6.21. The standard InChI is InChI=1S/C16H15ClF2/c1-10-8-15(19)13(9-14(10)18)16(17)11(2)12-6-4-3-5-7-12/h3-9,11,16H,1-2H3. The molecule has 2 rings (SSSR count). The van der Waals surface area contributed by atoms with Gasteiger partial charge in [0.1, 0.15) is 11.6 Å². The van der Waals surface area contributed by atoms with Gasteiger partial charge in [0.05, 0.1) is 5.38 Å². The Balaban J connectivity index is 2.34. The summed E-state index contributed by atoms with van der Waals surface area (Å²) in [4.78, 5) is 0. The van der Waals surface area contributed by atoms with Crippen LogP contribution in [0.1, 0.15) is 34.9 Å². The zero-order chi connectivity index (χ0) is 14.0. The lowest BCUT2D eigenvalue weighted by molar-refractivity contribution is 0.566. The molecular formula is C16H15ClF2. The number of rotatable bonds is 3. The minimum Gasteiger partial charge on any atom is -0.207 e. The van der Waals surface area contributed by atoms with Crippen molar-refractivity contribution in [2.24, 2.45) is 0 Å². The van der Waals surface area contributed by atoms with Crippen molar-refractivity contribution >= 4 is 11.6 Å². The summed E-state index contributed by atoms with van der Waals surface area (Å²) in [6.45, 7) is 3.44. The third kappa shape index (κ3) is 2.95. The van der Waals surface area contributed by atoms with Crippen LogP contribution in [-0.4, -0.2) is 0 Å². The third-order valence-electron chi connectivity index (χ3n) is 3.34. The second-order valence-corrected chi connectivity index (χ2v) is 5.19. The Morgan fingerprint density at radius 1 is 1.00 bits per heavy atom. The van der Waals surface area contributed by atoms with Crippen LogP contribution in [0.4, 0.5) is 8.78 Å². The molecule has 0 aliphatic carbocycles. The van der Waals surface area contributed by atoms with Crippen molar-refractivity contribution in [2.45, 2.75) is 25.1 Å². The molecule has 0 saturated heterocycles. The van der Waals surface area contributed by atoms with Crippen LogP contribution >= 0.6 is 11.6 Å². The second kappa shape index (κ2) is 5.70. The zero-order valence-corrected chi connectivity index (χ0v) is 11.6. The Morgan fingerprint density at radius 3 is 2.26 bits per heavy atom. The maximum atomic E-state index is 13.9. The highest BCUT2D eigenvalue weighted by atomic mass is 35.5. The molecular weight excluding hydrogens is 266 g/mol. The van der Waals surface area contributed by atoms with E-state index in [0.29, 0.717) is 0 Å². The van der Waals surface area contributed by atoms with Crippen molar-refractivity contribution in [1.29, 1.82) is 0 Å². The lowest BCUT2D eigenvalue weighted by Gasteiger charge is -2.19. The second-order valence-electron chi connectivity index (χ2n) is 4.72. The van der Waals surface area contributed by atoms with Gasteiger partial charge >= 0.3 is 0 Å². The van der Waals surface area contributed by atoms with Gasteiger partial charge in [0.25, 0.3) is 0 Å². The Hall–Kier alpha value is -1.41. The molecule has 100 valence electrons. The Bertz CT molecular complexity index is 566. The van der Waals surface area contributed by atoms with E-state index in [1.165, 1.54) is 19.1 Å². The lowest BCUT2D eigenvalue weighted by atomic mass is 9.92. The quantitative estimate of drug-likeness (QED) is 0.664. The Kier molecular flexibility index (Phi) is 4.20. The smallest absolute Gasteiger partial charge is 0.128 e. The molecule has 0 aromatic heterocycles. The average molecular weight is 281 g/mol. The molecule has 0 aliphatic rings. The zero-order valence-electron chi connectivity index (χ0n) is 10.8. The van der Waals surface area contributed by atoms with Crippen LogP contribution < -0.4 is 0 Å². The van der Waals surface area contributed by atoms with Gasteiger partial charge in [-0.25, -0.2) is 8.78 Å². The van der Waals surface area contributed by atoms with Gasteiger partial charge in [0.2, 0.25) is 0 Å². The fourth-order valence-corrected chi connectivity index (χ4v) is 2.38. The molecule has 2 aromatic carbocycles.